The molecule has 3 rings (SSSR count). The molecule has 2 aromatic rings. The second kappa shape index (κ2) is 8.16. The molecule has 25 heavy (non-hydrogen) atoms. The molecular formula is C19H19BrN2O3. The standard InChI is InChI=1S/C19H19BrN2O3/c20-15-8-4-9-16(12-15)21-18(23)17-10-5-11-22(17)19(24)25-13-14-6-2-1-3-7-14/h1-4,6-9,12,17H,5,10-11,13H2,(H,21,23). The van der Waals surface area contributed by atoms with E-state index in [0.717, 1.165) is 16.5 Å². The number of ether oxygens (including phenoxy) is 1. The van der Waals surface area contributed by atoms with E-state index < -0.39 is 12.1 Å². The first-order valence-corrected chi connectivity index (χ1v) is 8.96. The summed E-state index contributed by atoms with van der Waals surface area (Å²) in [6.45, 7) is 0.736. The van der Waals surface area contributed by atoms with E-state index in [1.54, 1.807) is 0 Å². The molecule has 1 heterocycles. The van der Waals surface area contributed by atoms with Crippen LogP contribution in [0.25, 0.3) is 0 Å². The quantitative estimate of drug-likeness (QED) is 0.833. The van der Waals surface area contributed by atoms with Gasteiger partial charge in [0.25, 0.3) is 0 Å². The lowest BCUT2D eigenvalue weighted by Crippen LogP contribution is -2.43. The van der Waals surface area contributed by atoms with Gasteiger partial charge in [-0.05, 0) is 36.6 Å². The molecule has 2 amide bonds. The molecule has 0 radical (unpaired) electrons. The molecule has 0 aliphatic carbocycles. The third-order valence-corrected chi connectivity index (χ3v) is 4.58. The van der Waals surface area contributed by atoms with Gasteiger partial charge in [-0.15, -0.1) is 0 Å². The molecule has 1 atom stereocenters. The van der Waals surface area contributed by atoms with Gasteiger partial charge in [-0.2, -0.15) is 0 Å². The van der Waals surface area contributed by atoms with E-state index in [-0.39, 0.29) is 12.5 Å². The molecule has 6 heteroatoms. The number of anilines is 1. The van der Waals surface area contributed by atoms with E-state index in [0.29, 0.717) is 18.7 Å². The van der Waals surface area contributed by atoms with Gasteiger partial charge in [-0.1, -0.05) is 52.3 Å². The maximum absolute atomic E-state index is 12.5. The minimum Gasteiger partial charge on any atom is -0.445 e. The molecule has 2 aromatic carbocycles. The fraction of sp³-hybridized carbons (Fsp3) is 0.263. The average Bonchev–Trinajstić information content (AvgIpc) is 3.10. The summed E-state index contributed by atoms with van der Waals surface area (Å²) in [7, 11) is 0. The highest BCUT2D eigenvalue weighted by molar-refractivity contribution is 9.10. The highest BCUT2D eigenvalue weighted by Crippen LogP contribution is 2.22. The average molecular weight is 403 g/mol. The molecule has 1 fully saturated rings. The van der Waals surface area contributed by atoms with Gasteiger partial charge < -0.3 is 10.1 Å². The molecule has 0 bridgehead atoms. The van der Waals surface area contributed by atoms with Gasteiger partial charge in [0.05, 0.1) is 0 Å². The smallest absolute Gasteiger partial charge is 0.410 e. The van der Waals surface area contributed by atoms with Crippen molar-refractivity contribution in [1.82, 2.24) is 4.90 Å². The van der Waals surface area contributed by atoms with Crippen LogP contribution in [0.5, 0.6) is 0 Å². The van der Waals surface area contributed by atoms with Crippen molar-refractivity contribution >= 4 is 33.6 Å². The molecule has 1 unspecified atom stereocenters. The van der Waals surface area contributed by atoms with Gasteiger partial charge in [-0.3, -0.25) is 9.69 Å². The Morgan fingerprint density at radius 1 is 1.16 bits per heavy atom. The number of rotatable bonds is 4. The molecule has 0 spiro atoms. The summed E-state index contributed by atoms with van der Waals surface area (Å²) in [6, 6.07) is 16.4. The second-order valence-corrected chi connectivity index (χ2v) is 6.81. The number of halogens is 1. The number of hydrogen-bond donors (Lipinski definition) is 1. The van der Waals surface area contributed by atoms with Crippen LogP contribution in [-0.4, -0.2) is 29.5 Å². The molecular weight excluding hydrogens is 384 g/mol. The van der Waals surface area contributed by atoms with Gasteiger partial charge in [0.15, 0.2) is 0 Å². The summed E-state index contributed by atoms with van der Waals surface area (Å²) in [5.41, 5.74) is 1.62. The Morgan fingerprint density at radius 2 is 1.96 bits per heavy atom. The third kappa shape index (κ3) is 4.60. The molecule has 1 aliphatic rings. The first-order valence-electron chi connectivity index (χ1n) is 8.17. The highest BCUT2D eigenvalue weighted by atomic mass is 79.9. The Balaban J connectivity index is 1.59. The summed E-state index contributed by atoms with van der Waals surface area (Å²) in [4.78, 5) is 26.4. The normalized spacial score (nSPS) is 16.5. The lowest BCUT2D eigenvalue weighted by Gasteiger charge is -2.23. The molecule has 130 valence electrons. The summed E-state index contributed by atoms with van der Waals surface area (Å²) in [5, 5.41) is 2.86. The van der Waals surface area contributed by atoms with Gasteiger partial charge in [0, 0.05) is 16.7 Å². The predicted octanol–water partition coefficient (Wildman–Crippen LogP) is 4.19. The first kappa shape index (κ1) is 17.5. The summed E-state index contributed by atoms with van der Waals surface area (Å²) in [5.74, 6) is -0.188. The van der Waals surface area contributed by atoms with Crippen LogP contribution in [0.2, 0.25) is 0 Å². The van der Waals surface area contributed by atoms with E-state index in [1.165, 1.54) is 4.90 Å². The van der Waals surface area contributed by atoms with Crippen LogP contribution in [0.3, 0.4) is 0 Å². The van der Waals surface area contributed by atoms with Crippen LogP contribution in [0.4, 0.5) is 10.5 Å². The number of nitrogens with zero attached hydrogens (tertiary/aromatic N) is 1. The van der Waals surface area contributed by atoms with Crippen LogP contribution >= 0.6 is 15.9 Å². The molecule has 5 nitrogen and oxygen atoms in total. The number of carbonyl (C=O) groups is 2. The van der Waals surface area contributed by atoms with Crippen LogP contribution < -0.4 is 5.32 Å². The van der Waals surface area contributed by atoms with Gasteiger partial charge in [0.1, 0.15) is 12.6 Å². The number of carbonyl (C=O) groups excluding carboxylic acids is 2. The first-order chi connectivity index (χ1) is 12.1. The van der Waals surface area contributed by atoms with E-state index in [2.05, 4.69) is 21.2 Å². The Morgan fingerprint density at radius 3 is 2.72 bits per heavy atom. The Kier molecular flexibility index (Phi) is 5.71. The van der Waals surface area contributed by atoms with Crippen LogP contribution in [0, 0.1) is 0 Å². The largest absolute Gasteiger partial charge is 0.445 e. The number of benzene rings is 2. The number of likely N-dealkylation sites (tertiary alicyclic amines) is 1. The van der Waals surface area contributed by atoms with Gasteiger partial charge >= 0.3 is 6.09 Å². The maximum atomic E-state index is 12.5. The molecule has 1 aliphatic heterocycles. The van der Waals surface area contributed by atoms with Crippen LogP contribution in [0.1, 0.15) is 18.4 Å². The zero-order chi connectivity index (χ0) is 17.6. The van der Waals surface area contributed by atoms with Crippen molar-refractivity contribution in [1.29, 1.82) is 0 Å². The third-order valence-electron chi connectivity index (χ3n) is 4.09. The monoisotopic (exact) mass is 402 g/mol. The lowest BCUT2D eigenvalue weighted by molar-refractivity contribution is -0.120. The van der Waals surface area contributed by atoms with Crippen molar-refractivity contribution in [2.24, 2.45) is 0 Å². The zero-order valence-electron chi connectivity index (χ0n) is 13.7. The minimum atomic E-state index is -0.498. The number of hydrogen-bond acceptors (Lipinski definition) is 3. The van der Waals surface area contributed by atoms with Crippen LogP contribution in [0.15, 0.2) is 59.1 Å². The summed E-state index contributed by atoms with van der Waals surface area (Å²) >= 11 is 3.38. The summed E-state index contributed by atoms with van der Waals surface area (Å²) < 4.78 is 6.25. The molecule has 0 aromatic heterocycles. The van der Waals surface area contributed by atoms with E-state index >= 15 is 0 Å². The Labute approximate surface area is 155 Å². The highest BCUT2D eigenvalue weighted by Gasteiger charge is 2.35. The van der Waals surface area contributed by atoms with Crippen molar-refractivity contribution < 1.29 is 14.3 Å². The van der Waals surface area contributed by atoms with E-state index in [1.807, 2.05) is 54.6 Å². The SMILES string of the molecule is O=C(Nc1cccc(Br)c1)C1CCCN1C(=O)OCc1ccccc1. The molecule has 1 saturated heterocycles. The zero-order valence-corrected chi connectivity index (χ0v) is 15.2. The lowest BCUT2D eigenvalue weighted by atomic mass is 10.2. The fourth-order valence-electron chi connectivity index (χ4n) is 2.85. The number of amides is 2. The Hall–Kier alpha value is -2.34. The fourth-order valence-corrected chi connectivity index (χ4v) is 3.25. The van der Waals surface area contributed by atoms with Crippen molar-refractivity contribution in [2.45, 2.75) is 25.5 Å². The maximum Gasteiger partial charge on any atom is 0.410 e. The van der Waals surface area contributed by atoms with Crippen molar-refractivity contribution in [2.75, 3.05) is 11.9 Å². The Bertz CT molecular complexity index is 751. The molecule has 0 saturated carbocycles. The summed E-state index contributed by atoms with van der Waals surface area (Å²) in [6.07, 6.45) is 0.979. The minimum absolute atomic E-state index is 0.188. The second-order valence-electron chi connectivity index (χ2n) is 5.89. The van der Waals surface area contributed by atoms with Crippen molar-refractivity contribution in [3.05, 3.63) is 64.6 Å². The van der Waals surface area contributed by atoms with Crippen molar-refractivity contribution in [3.8, 4) is 0 Å². The van der Waals surface area contributed by atoms with E-state index in [9.17, 15) is 9.59 Å². The van der Waals surface area contributed by atoms with E-state index in [4.69, 9.17) is 4.74 Å². The van der Waals surface area contributed by atoms with Crippen molar-refractivity contribution in [3.63, 3.8) is 0 Å². The molecule has 1 N–H and O–H groups in total. The number of nitrogens with one attached hydrogen (secondary N) is 1. The topological polar surface area (TPSA) is 58.6 Å². The van der Waals surface area contributed by atoms with Gasteiger partial charge in [-0.25, -0.2) is 4.79 Å². The van der Waals surface area contributed by atoms with Gasteiger partial charge in [0.2, 0.25) is 5.91 Å². The predicted molar refractivity (Wildman–Crippen MR) is 99.1 cm³/mol. The van der Waals surface area contributed by atoms with Crippen LogP contribution in [-0.2, 0) is 16.1 Å².